The van der Waals surface area contributed by atoms with Crippen LogP contribution in [0.5, 0.6) is 0 Å². The van der Waals surface area contributed by atoms with Gasteiger partial charge in [-0.25, -0.2) is 13.4 Å². The number of fused-ring (bicyclic) bond motifs is 1. The quantitative estimate of drug-likeness (QED) is 0.470. The first-order chi connectivity index (χ1) is 13.8. The van der Waals surface area contributed by atoms with E-state index in [1.165, 1.54) is 15.6 Å². The Bertz CT molecular complexity index is 1110. The minimum Gasteiger partial charge on any atom is -0.298 e. The molecule has 0 radical (unpaired) electrons. The molecule has 0 saturated carbocycles. The van der Waals surface area contributed by atoms with Crippen molar-refractivity contribution in [1.29, 1.82) is 0 Å². The molecule has 0 aliphatic heterocycles. The van der Waals surface area contributed by atoms with E-state index in [4.69, 9.17) is 0 Å². The van der Waals surface area contributed by atoms with Crippen molar-refractivity contribution in [2.24, 2.45) is 0 Å². The molecule has 154 valence electrons. The van der Waals surface area contributed by atoms with Crippen LogP contribution in [0.25, 0.3) is 10.2 Å². The summed E-state index contributed by atoms with van der Waals surface area (Å²) >= 11 is 4.60. The van der Waals surface area contributed by atoms with Gasteiger partial charge in [-0.2, -0.15) is 4.31 Å². The number of nitrogens with one attached hydrogen (secondary N) is 1. The first-order valence-electron chi connectivity index (χ1n) is 9.32. The number of aromatic nitrogens is 1. The summed E-state index contributed by atoms with van der Waals surface area (Å²) < 4.78 is 29.1. The molecule has 1 N–H and O–H groups in total. The number of anilines is 1. The summed E-state index contributed by atoms with van der Waals surface area (Å²) in [5, 5.41) is 3.21. The fourth-order valence-corrected chi connectivity index (χ4v) is 5.78. The number of thiazole rings is 1. The highest BCUT2D eigenvalue weighted by molar-refractivity contribution is 9.10. The van der Waals surface area contributed by atoms with Crippen LogP contribution in [0.4, 0.5) is 5.13 Å². The van der Waals surface area contributed by atoms with Crippen molar-refractivity contribution >= 4 is 58.5 Å². The van der Waals surface area contributed by atoms with Gasteiger partial charge in [0.05, 0.1) is 15.1 Å². The summed E-state index contributed by atoms with van der Waals surface area (Å²) in [4.78, 5) is 17.1. The minimum atomic E-state index is -3.56. The molecule has 1 aromatic heterocycles. The van der Waals surface area contributed by atoms with Gasteiger partial charge >= 0.3 is 0 Å². The molecular weight excluding hydrogens is 474 g/mol. The van der Waals surface area contributed by atoms with Gasteiger partial charge in [-0.05, 0) is 55.3 Å². The van der Waals surface area contributed by atoms with Crippen molar-refractivity contribution in [2.75, 3.05) is 18.4 Å². The minimum absolute atomic E-state index is 0.251. The molecule has 0 aliphatic rings. The van der Waals surface area contributed by atoms with E-state index in [9.17, 15) is 13.2 Å². The second-order valence-electron chi connectivity index (χ2n) is 6.51. The predicted molar refractivity (Wildman–Crippen MR) is 121 cm³/mol. The molecule has 3 rings (SSSR count). The van der Waals surface area contributed by atoms with Crippen LogP contribution in [-0.2, 0) is 10.0 Å². The smallest absolute Gasteiger partial charge is 0.257 e. The molecule has 0 aliphatic carbocycles. The Morgan fingerprint density at radius 1 is 1.10 bits per heavy atom. The van der Waals surface area contributed by atoms with Crippen LogP contribution in [0, 0.1) is 0 Å². The van der Waals surface area contributed by atoms with Crippen LogP contribution in [0.2, 0.25) is 0 Å². The third-order valence-corrected chi connectivity index (χ3v) is 7.63. The van der Waals surface area contributed by atoms with E-state index in [-0.39, 0.29) is 10.8 Å². The highest BCUT2D eigenvalue weighted by atomic mass is 79.9. The zero-order chi connectivity index (χ0) is 21.0. The molecule has 0 atom stereocenters. The Morgan fingerprint density at radius 3 is 2.38 bits per heavy atom. The van der Waals surface area contributed by atoms with E-state index in [0.717, 1.165) is 17.3 Å². The molecule has 6 nitrogen and oxygen atoms in total. The van der Waals surface area contributed by atoms with Gasteiger partial charge in [0.25, 0.3) is 5.91 Å². The van der Waals surface area contributed by atoms with Crippen molar-refractivity contribution in [3.8, 4) is 0 Å². The molecular formula is C20H22BrN3O3S2. The molecule has 9 heteroatoms. The molecule has 1 heterocycles. The molecule has 1 amide bonds. The van der Waals surface area contributed by atoms with E-state index < -0.39 is 10.0 Å². The standard InChI is InChI=1S/C20H22BrN3O3S2/c1-3-11-24(12-4-2)29(26,27)16-9-10-17-18(13-16)28-20(22-17)23-19(25)14-5-7-15(21)8-6-14/h5-10,13H,3-4,11-12H2,1-2H3,(H,22,23,25). The van der Waals surface area contributed by atoms with E-state index in [1.54, 1.807) is 42.5 Å². The third-order valence-electron chi connectivity index (χ3n) is 4.27. The van der Waals surface area contributed by atoms with Crippen molar-refractivity contribution in [2.45, 2.75) is 31.6 Å². The van der Waals surface area contributed by atoms with Gasteiger partial charge < -0.3 is 0 Å². The average molecular weight is 496 g/mol. The number of hydrogen-bond acceptors (Lipinski definition) is 5. The molecule has 0 unspecified atom stereocenters. The van der Waals surface area contributed by atoms with Crippen LogP contribution in [-0.4, -0.2) is 36.7 Å². The summed E-state index contributed by atoms with van der Waals surface area (Å²) in [6.07, 6.45) is 1.52. The highest BCUT2D eigenvalue weighted by Crippen LogP contribution is 2.29. The second kappa shape index (κ2) is 9.34. The van der Waals surface area contributed by atoms with E-state index in [2.05, 4.69) is 26.2 Å². The highest BCUT2D eigenvalue weighted by Gasteiger charge is 2.24. The van der Waals surface area contributed by atoms with Crippen LogP contribution in [0.1, 0.15) is 37.0 Å². The Kier molecular flexibility index (Phi) is 7.05. The Hall–Kier alpha value is -1.81. The van der Waals surface area contributed by atoms with E-state index in [1.807, 2.05) is 13.8 Å². The molecule has 3 aromatic rings. The topological polar surface area (TPSA) is 79.4 Å². The average Bonchev–Trinajstić information content (AvgIpc) is 3.09. The first-order valence-corrected chi connectivity index (χ1v) is 12.4. The van der Waals surface area contributed by atoms with Crippen molar-refractivity contribution in [3.63, 3.8) is 0 Å². The summed E-state index contributed by atoms with van der Waals surface area (Å²) in [5.74, 6) is -0.263. The second-order valence-corrected chi connectivity index (χ2v) is 10.4. The number of rotatable bonds is 8. The van der Waals surface area contributed by atoms with Crippen molar-refractivity contribution < 1.29 is 13.2 Å². The fourth-order valence-electron chi connectivity index (χ4n) is 2.89. The molecule has 0 spiro atoms. The number of benzene rings is 2. The predicted octanol–water partition coefficient (Wildman–Crippen LogP) is 5.12. The lowest BCUT2D eigenvalue weighted by molar-refractivity contribution is 0.102. The number of amides is 1. The monoisotopic (exact) mass is 495 g/mol. The summed E-state index contributed by atoms with van der Waals surface area (Å²) in [6.45, 7) is 4.91. The van der Waals surface area contributed by atoms with Gasteiger partial charge in [-0.15, -0.1) is 0 Å². The maximum absolute atomic E-state index is 13.0. The van der Waals surface area contributed by atoms with Gasteiger partial charge in [0.1, 0.15) is 0 Å². The number of hydrogen-bond donors (Lipinski definition) is 1. The van der Waals surface area contributed by atoms with Crippen LogP contribution in [0.3, 0.4) is 0 Å². The Labute approximate surface area is 183 Å². The van der Waals surface area contributed by atoms with Gasteiger partial charge in [-0.1, -0.05) is 41.1 Å². The Morgan fingerprint density at radius 2 is 1.76 bits per heavy atom. The Balaban J connectivity index is 1.86. The van der Waals surface area contributed by atoms with Gasteiger partial charge in [0.2, 0.25) is 10.0 Å². The molecule has 29 heavy (non-hydrogen) atoms. The lowest BCUT2D eigenvalue weighted by atomic mass is 10.2. The SMILES string of the molecule is CCCN(CCC)S(=O)(=O)c1ccc2nc(NC(=O)c3ccc(Br)cc3)sc2c1. The number of carbonyl (C=O) groups excluding carboxylic acids is 1. The lowest BCUT2D eigenvalue weighted by Crippen LogP contribution is -2.32. The van der Waals surface area contributed by atoms with E-state index >= 15 is 0 Å². The normalized spacial score (nSPS) is 11.9. The summed E-state index contributed by atoms with van der Waals surface area (Å²) in [7, 11) is -3.56. The first kappa shape index (κ1) is 21.9. The van der Waals surface area contributed by atoms with Gasteiger partial charge in [0.15, 0.2) is 5.13 Å². The van der Waals surface area contributed by atoms with E-state index in [0.29, 0.717) is 34.0 Å². The van der Waals surface area contributed by atoms with Crippen molar-refractivity contribution in [3.05, 3.63) is 52.5 Å². The maximum Gasteiger partial charge on any atom is 0.257 e. The number of halogens is 1. The van der Waals surface area contributed by atoms with Crippen molar-refractivity contribution in [1.82, 2.24) is 9.29 Å². The summed E-state index contributed by atoms with van der Waals surface area (Å²) in [5.41, 5.74) is 1.17. The lowest BCUT2D eigenvalue weighted by Gasteiger charge is -2.20. The number of carbonyl (C=O) groups is 1. The van der Waals surface area contributed by atoms with Gasteiger partial charge in [-0.3, -0.25) is 10.1 Å². The van der Waals surface area contributed by atoms with Gasteiger partial charge in [0, 0.05) is 23.1 Å². The zero-order valence-electron chi connectivity index (χ0n) is 16.2. The zero-order valence-corrected chi connectivity index (χ0v) is 19.4. The van der Waals surface area contributed by atoms with Crippen LogP contribution >= 0.6 is 27.3 Å². The third kappa shape index (κ3) is 5.03. The summed E-state index contributed by atoms with van der Waals surface area (Å²) in [6, 6.07) is 11.9. The fraction of sp³-hybridized carbons (Fsp3) is 0.300. The largest absolute Gasteiger partial charge is 0.298 e. The number of sulfonamides is 1. The molecule has 0 fully saturated rings. The van der Waals surface area contributed by atoms with Crippen LogP contribution in [0.15, 0.2) is 51.8 Å². The molecule has 0 bridgehead atoms. The number of nitrogens with zero attached hydrogens (tertiary/aromatic N) is 2. The molecule has 2 aromatic carbocycles. The molecule has 0 saturated heterocycles. The maximum atomic E-state index is 13.0. The van der Waals surface area contributed by atoms with Crippen LogP contribution < -0.4 is 5.32 Å².